The summed E-state index contributed by atoms with van der Waals surface area (Å²) in [5.41, 5.74) is -0.400. The highest BCUT2D eigenvalue weighted by Gasteiger charge is 2.26. The standard InChI is InChI=1S/C23H38O7S/c1-18-9-11-19(12-10-18)31(25,26)29-17-23(7,8)16-28-15-22(5,6)14-27-13-20(24)30-21(2,3)4/h9-12H,13-17H2,1-8H3. The van der Waals surface area contributed by atoms with Gasteiger partial charge in [0.2, 0.25) is 0 Å². The third-order valence-corrected chi connectivity index (χ3v) is 5.31. The fourth-order valence-corrected chi connectivity index (χ4v) is 3.56. The van der Waals surface area contributed by atoms with Gasteiger partial charge in [-0.05, 0) is 39.8 Å². The Bertz CT molecular complexity index is 803. The number of rotatable bonds is 12. The summed E-state index contributed by atoms with van der Waals surface area (Å²) < 4.78 is 46.5. The normalized spacial score (nSPS) is 13.3. The number of esters is 1. The Kier molecular flexibility index (Phi) is 9.69. The fraction of sp³-hybridized carbons (Fsp3) is 0.696. The Labute approximate surface area is 187 Å². The van der Waals surface area contributed by atoms with Crippen LogP contribution < -0.4 is 0 Å². The molecule has 0 aromatic heterocycles. The van der Waals surface area contributed by atoms with Gasteiger partial charge in [0.05, 0.1) is 31.3 Å². The molecule has 0 aliphatic rings. The highest BCUT2D eigenvalue weighted by molar-refractivity contribution is 7.86. The number of hydrogen-bond acceptors (Lipinski definition) is 7. The number of benzene rings is 1. The number of hydrogen-bond donors (Lipinski definition) is 0. The Morgan fingerprint density at radius 3 is 1.81 bits per heavy atom. The van der Waals surface area contributed by atoms with Gasteiger partial charge < -0.3 is 14.2 Å². The van der Waals surface area contributed by atoms with Gasteiger partial charge in [-0.15, -0.1) is 0 Å². The number of aryl methyl sites for hydroxylation is 1. The van der Waals surface area contributed by atoms with Crippen molar-refractivity contribution in [1.82, 2.24) is 0 Å². The van der Waals surface area contributed by atoms with E-state index in [0.717, 1.165) is 5.56 Å². The third kappa shape index (κ3) is 11.6. The highest BCUT2D eigenvalue weighted by atomic mass is 32.2. The minimum atomic E-state index is -3.82. The van der Waals surface area contributed by atoms with E-state index in [1.165, 1.54) is 12.1 Å². The van der Waals surface area contributed by atoms with Crippen LogP contribution in [0.2, 0.25) is 0 Å². The predicted octanol–water partition coefficient (Wildman–Crippen LogP) is 4.13. The molecule has 0 atom stereocenters. The third-order valence-electron chi connectivity index (χ3n) is 4.03. The average molecular weight is 459 g/mol. The van der Waals surface area contributed by atoms with Crippen molar-refractivity contribution in [1.29, 1.82) is 0 Å². The molecule has 0 saturated heterocycles. The van der Waals surface area contributed by atoms with Gasteiger partial charge in [-0.3, -0.25) is 4.18 Å². The fourth-order valence-electron chi connectivity index (χ4n) is 2.48. The first-order valence-electron chi connectivity index (χ1n) is 10.3. The maximum atomic E-state index is 12.4. The molecule has 0 unspecified atom stereocenters. The maximum absolute atomic E-state index is 12.4. The first-order valence-corrected chi connectivity index (χ1v) is 11.8. The first kappa shape index (κ1) is 27.6. The van der Waals surface area contributed by atoms with Gasteiger partial charge in [0.25, 0.3) is 10.1 Å². The van der Waals surface area contributed by atoms with E-state index in [9.17, 15) is 13.2 Å². The summed E-state index contributed by atoms with van der Waals surface area (Å²) in [5, 5.41) is 0. The lowest BCUT2D eigenvalue weighted by molar-refractivity contribution is -0.161. The number of carbonyl (C=O) groups excluding carboxylic acids is 1. The van der Waals surface area contributed by atoms with E-state index >= 15 is 0 Å². The minimum absolute atomic E-state index is 0.00121. The molecule has 0 spiro atoms. The lowest BCUT2D eigenvalue weighted by Gasteiger charge is -2.28. The van der Waals surface area contributed by atoms with Gasteiger partial charge >= 0.3 is 5.97 Å². The largest absolute Gasteiger partial charge is 0.458 e. The second-order valence-electron chi connectivity index (χ2n) is 10.4. The molecule has 0 aliphatic carbocycles. The number of ether oxygens (including phenoxy) is 3. The molecule has 0 fully saturated rings. The summed E-state index contributed by atoms with van der Waals surface area (Å²) in [7, 11) is -3.82. The quantitative estimate of drug-likeness (QED) is 0.344. The summed E-state index contributed by atoms with van der Waals surface area (Å²) in [6.45, 7) is 15.9. The first-order chi connectivity index (χ1) is 14.0. The van der Waals surface area contributed by atoms with Gasteiger partial charge in [-0.25, -0.2) is 4.79 Å². The van der Waals surface area contributed by atoms with Crippen molar-refractivity contribution < 1.29 is 31.6 Å². The van der Waals surface area contributed by atoms with Crippen molar-refractivity contribution in [3.8, 4) is 0 Å². The predicted molar refractivity (Wildman–Crippen MR) is 119 cm³/mol. The van der Waals surface area contributed by atoms with Crippen LogP contribution in [0.5, 0.6) is 0 Å². The molecule has 1 aromatic carbocycles. The minimum Gasteiger partial charge on any atom is -0.458 e. The van der Waals surface area contributed by atoms with Crippen LogP contribution in [0, 0.1) is 17.8 Å². The van der Waals surface area contributed by atoms with E-state index in [4.69, 9.17) is 18.4 Å². The summed E-state index contributed by atoms with van der Waals surface area (Å²) >= 11 is 0. The van der Waals surface area contributed by atoms with Crippen LogP contribution in [0.3, 0.4) is 0 Å². The summed E-state index contributed by atoms with van der Waals surface area (Å²) in [6.07, 6.45) is 0. The monoisotopic (exact) mass is 458 g/mol. The van der Waals surface area contributed by atoms with Gasteiger partial charge in [-0.2, -0.15) is 8.42 Å². The molecule has 0 bridgehead atoms. The Balaban J connectivity index is 2.41. The number of carbonyl (C=O) groups is 1. The zero-order valence-corrected chi connectivity index (χ0v) is 20.9. The van der Waals surface area contributed by atoms with Crippen LogP contribution in [0.25, 0.3) is 0 Å². The van der Waals surface area contributed by atoms with E-state index < -0.39 is 27.1 Å². The van der Waals surface area contributed by atoms with Crippen LogP contribution in [0.15, 0.2) is 29.2 Å². The lowest BCUT2D eigenvalue weighted by Crippen LogP contribution is -2.33. The smallest absolute Gasteiger partial charge is 0.332 e. The van der Waals surface area contributed by atoms with E-state index in [-0.39, 0.29) is 23.5 Å². The molecule has 0 N–H and O–H groups in total. The van der Waals surface area contributed by atoms with Crippen molar-refractivity contribution >= 4 is 16.1 Å². The molecule has 0 heterocycles. The van der Waals surface area contributed by atoms with Crippen LogP contribution >= 0.6 is 0 Å². The van der Waals surface area contributed by atoms with Crippen LogP contribution in [0.1, 0.15) is 54.0 Å². The second-order valence-corrected chi connectivity index (χ2v) is 12.0. The molecular weight excluding hydrogens is 420 g/mol. The molecule has 0 radical (unpaired) electrons. The summed E-state index contributed by atoms with van der Waals surface area (Å²) in [4.78, 5) is 11.9. The molecule has 7 nitrogen and oxygen atoms in total. The molecule has 0 amide bonds. The Morgan fingerprint density at radius 1 is 0.806 bits per heavy atom. The molecule has 1 aromatic rings. The molecule has 8 heteroatoms. The molecule has 31 heavy (non-hydrogen) atoms. The van der Waals surface area contributed by atoms with E-state index in [0.29, 0.717) is 19.8 Å². The topological polar surface area (TPSA) is 88.1 Å². The molecular formula is C23H38O7S. The van der Waals surface area contributed by atoms with Crippen molar-refractivity contribution in [2.24, 2.45) is 10.8 Å². The molecule has 0 saturated carbocycles. The van der Waals surface area contributed by atoms with Gasteiger partial charge in [-0.1, -0.05) is 45.4 Å². The molecule has 1 rings (SSSR count). The molecule has 178 valence electrons. The van der Waals surface area contributed by atoms with E-state index in [1.54, 1.807) is 32.9 Å². The average Bonchev–Trinajstić information content (AvgIpc) is 2.58. The van der Waals surface area contributed by atoms with E-state index in [1.807, 2.05) is 34.6 Å². The SMILES string of the molecule is Cc1ccc(S(=O)(=O)OCC(C)(C)COCC(C)(C)COCC(=O)OC(C)(C)C)cc1. The molecule has 0 aliphatic heterocycles. The highest BCUT2D eigenvalue weighted by Crippen LogP contribution is 2.23. The van der Waals surface area contributed by atoms with Crippen LogP contribution in [-0.4, -0.2) is 53.0 Å². The maximum Gasteiger partial charge on any atom is 0.332 e. The second kappa shape index (κ2) is 10.9. The summed E-state index contributed by atoms with van der Waals surface area (Å²) in [5.74, 6) is -0.405. The zero-order valence-electron chi connectivity index (χ0n) is 20.1. The van der Waals surface area contributed by atoms with Crippen molar-refractivity contribution in [3.63, 3.8) is 0 Å². The zero-order chi connectivity index (χ0) is 23.9. The van der Waals surface area contributed by atoms with Crippen LogP contribution in [0.4, 0.5) is 0 Å². The van der Waals surface area contributed by atoms with Crippen molar-refractivity contribution in [2.45, 2.75) is 65.9 Å². The van der Waals surface area contributed by atoms with Crippen molar-refractivity contribution in [3.05, 3.63) is 29.8 Å². The summed E-state index contributed by atoms with van der Waals surface area (Å²) in [6, 6.07) is 6.54. The Morgan fingerprint density at radius 2 is 1.29 bits per heavy atom. The van der Waals surface area contributed by atoms with Gasteiger partial charge in [0, 0.05) is 10.8 Å². The Hall–Kier alpha value is -1.48. The van der Waals surface area contributed by atoms with Gasteiger partial charge in [0.1, 0.15) is 12.2 Å². The van der Waals surface area contributed by atoms with Crippen molar-refractivity contribution in [2.75, 3.05) is 33.0 Å². The van der Waals surface area contributed by atoms with E-state index in [2.05, 4.69) is 0 Å². The van der Waals surface area contributed by atoms with Crippen LogP contribution in [-0.2, 0) is 33.3 Å². The van der Waals surface area contributed by atoms with Gasteiger partial charge in [0.15, 0.2) is 0 Å². The lowest BCUT2D eigenvalue weighted by atomic mass is 9.94.